The van der Waals surface area contributed by atoms with Crippen LogP contribution in [0, 0.1) is 13.8 Å². The SMILES string of the molecule is Cc1nn(-c2ccccc2)c(C)c1CC(=O)N(CCO)CCO. The van der Waals surface area contributed by atoms with Crippen molar-refractivity contribution in [2.24, 2.45) is 0 Å². The van der Waals surface area contributed by atoms with Gasteiger partial charge in [0.05, 0.1) is 31.0 Å². The van der Waals surface area contributed by atoms with Crippen molar-refractivity contribution in [1.82, 2.24) is 14.7 Å². The summed E-state index contributed by atoms with van der Waals surface area (Å²) in [6.45, 7) is 4.05. The average molecular weight is 317 g/mol. The highest BCUT2D eigenvalue weighted by atomic mass is 16.3. The van der Waals surface area contributed by atoms with E-state index in [-0.39, 0.29) is 38.6 Å². The van der Waals surface area contributed by atoms with Crippen LogP contribution in [0.1, 0.15) is 17.0 Å². The van der Waals surface area contributed by atoms with Crippen molar-refractivity contribution in [3.8, 4) is 5.69 Å². The number of nitrogens with zero attached hydrogens (tertiary/aromatic N) is 3. The number of aliphatic hydroxyl groups is 2. The summed E-state index contributed by atoms with van der Waals surface area (Å²) in [5.74, 6) is -0.119. The van der Waals surface area contributed by atoms with Crippen molar-refractivity contribution in [3.63, 3.8) is 0 Å². The van der Waals surface area contributed by atoms with E-state index in [1.807, 2.05) is 48.9 Å². The van der Waals surface area contributed by atoms with Gasteiger partial charge in [0, 0.05) is 24.3 Å². The van der Waals surface area contributed by atoms with Crippen LogP contribution >= 0.6 is 0 Å². The molecule has 6 heteroatoms. The van der Waals surface area contributed by atoms with Crippen LogP contribution in [0.5, 0.6) is 0 Å². The molecule has 0 saturated heterocycles. The van der Waals surface area contributed by atoms with E-state index in [2.05, 4.69) is 5.10 Å². The second-order valence-electron chi connectivity index (χ2n) is 5.40. The fourth-order valence-electron chi connectivity index (χ4n) is 2.62. The van der Waals surface area contributed by atoms with Gasteiger partial charge in [0.1, 0.15) is 0 Å². The van der Waals surface area contributed by atoms with Gasteiger partial charge >= 0.3 is 0 Å². The fraction of sp³-hybridized carbons (Fsp3) is 0.412. The number of para-hydroxylation sites is 1. The minimum Gasteiger partial charge on any atom is -0.395 e. The molecule has 0 fully saturated rings. The maximum atomic E-state index is 12.4. The zero-order valence-electron chi connectivity index (χ0n) is 13.6. The molecule has 23 heavy (non-hydrogen) atoms. The highest BCUT2D eigenvalue weighted by Gasteiger charge is 2.19. The number of hydrogen-bond donors (Lipinski definition) is 2. The van der Waals surface area contributed by atoms with Gasteiger partial charge in [0.25, 0.3) is 0 Å². The smallest absolute Gasteiger partial charge is 0.227 e. The Balaban J connectivity index is 2.24. The zero-order chi connectivity index (χ0) is 16.8. The monoisotopic (exact) mass is 317 g/mol. The molecule has 6 nitrogen and oxygen atoms in total. The largest absolute Gasteiger partial charge is 0.395 e. The van der Waals surface area contributed by atoms with Gasteiger partial charge in [0.2, 0.25) is 5.91 Å². The molecular formula is C17H23N3O3. The number of hydrogen-bond acceptors (Lipinski definition) is 4. The van der Waals surface area contributed by atoms with Gasteiger partial charge in [-0.05, 0) is 26.0 Å². The Morgan fingerprint density at radius 3 is 2.30 bits per heavy atom. The van der Waals surface area contributed by atoms with E-state index in [4.69, 9.17) is 10.2 Å². The third-order valence-electron chi connectivity index (χ3n) is 3.86. The van der Waals surface area contributed by atoms with Crippen molar-refractivity contribution in [2.75, 3.05) is 26.3 Å². The third kappa shape index (κ3) is 3.97. The lowest BCUT2D eigenvalue weighted by molar-refractivity contribution is -0.131. The maximum absolute atomic E-state index is 12.4. The Labute approximate surface area is 136 Å². The third-order valence-corrected chi connectivity index (χ3v) is 3.86. The first kappa shape index (κ1) is 17.2. The molecule has 0 bridgehead atoms. The molecule has 2 aromatic rings. The molecule has 0 spiro atoms. The maximum Gasteiger partial charge on any atom is 0.227 e. The average Bonchev–Trinajstić information content (AvgIpc) is 2.83. The highest BCUT2D eigenvalue weighted by Crippen LogP contribution is 2.19. The van der Waals surface area contributed by atoms with Gasteiger partial charge in [0.15, 0.2) is 0 Å². The molecule has 2 rings (SSSR count). The molecule has 1 amide bonds. The molecule has 0 atom stereocenters. The summed E-state index contributed by atoms with van der Waals surface area (Å²) < 4.78 is 1.83. The second kappa shape index (κ2) is 7.89. The topological polar surface area (TPSA) is 78.6 Å². The summed E-state index contributed by atoms with van der Waals surface area (Å²) in [5.41, 5.74) is 3.58. The first-order valence-electron chi connectivity index (χ1n) is 7.68. The van der Waals surface area contributed by atoms with Gasteiger partial charge in [-0.25, -0.2) is 4.68 Å². The van der Waals surface area contributed by atoms with Crippen molar-refractivity contribution in [1.29, 1.82) is 0 Å². The van der Waals surface area contributed by atoms with Gasteiger partial charge < -0.3 is 15.1 Å². The molecule has 1 aromatic carbocycles. The van der Waals surface area contributed by atoms with Crippen LogP contribution in [0.2, 0.25) is 0 Å². The van der Waals surface area contributed by atoms with Crippen molar-refractivity contribution in [3.05, 3.63) is 47.3 Å². The molecule has 1 aromatic heterocycles. The first-order chi connectivity index (χ1) is 11.1. The predicted octanol–water partition coefficient (Wildman–Crippen LogP) is 0.845. The van der Waals surface area contributed by atoms with E-state index < -0.39 is 0 Å². The van der Waals surface area contributed by atoms with Gasteiger partial charge in [-0.2, -0.15) is 5.10 Å². The Bertz CT molecular complexity index is 647. The van der Waals surface area contributed by atoms with Crippen LogP contribution in [0.15, 0.2) is 30.3 Å². The quantitative estimate of drug-likeness (QED) is 0.793. The van der Waals surface area contributed by atoms with Crippen LogP contribution in [0.25, 0.3) is 5.69 Å². The number of aromatic nitrogens is 2. The van der Waals surface area contributed by atoms with Crippen LogP contribution in [0.3, 0.4) is 0 Å². The van der Waals surface area contributed by atoms with Crippen LogP contribution < -0.4 is 0 Å². The Morgan fingerprint density at radius 2 is 1.74 bits per heavy atom. The summed E-state index contributed by atoms with van der Waals surface area (Å²) in [6.07, 6.45) is 0.213. The summed E-state index contributed by atoms with van der Waals surface area (Å²) in [7, 11) is 0. The van der Waals surface area contributed by atoms with E-state index in [9.17, 15) is 4.79 Å². The lowest BCUT2D eigenvalue weighted by atomic mass is 10.1. The van der Waals surface area contributed by atoms with Gasteiger partial charge in [-0.15, -0.1) is 0 Å². The zero-order valence-corrected chi connectivity index (χ0v) is 13.6. The fourth-order valence-corrected chi connectivity index (χ4v) is 2.62. The summed E-state index contributed by atoms with van der Waals surface area (Å²) in [6, 6.07) is 9.77. The van der Waals surface area contributed by atoms with Crippen LogP contribution in [-0.2, 0) is 11.2 Å². The van der Waals surface area contributed by atoms with Crippen molar-refractivity contribution < 1.29 is 15.0 Å². The minimum atomic E-state index is -0.119. The number of aryl methyl sites for hydroxylation is 1. The number of amides is 1. The van der Waals surface area contributed by atoms with Crippen molar-refractivity contribution in [2.45, 2.75) is 20.3 Å². The number of carbonyl (C=O) groups is 1. The standard InChI is InChI=1S/C17H23N3O3/c1-13-16(12-17(23)19(8-10-21)9-11-22)14(2)20(18-13)15-6-4-3-5-7-15/h3-7,21-22H,8-12H2,1-2H3. The molecule has 0 aliphatic rings. The second-order valence-corrected chi connectivity index (χ2v) is 5.40. The van der Waals surface area contributed by atoms with E-state index in [1.165, 1.54) is 4.90 Å². The lowest BCUT2D eigenvalue weighted by Crippen LogP contribution is -2.37. The van der Waals surface area contributed by atoms with E-state index in [0.717, 1.165) is 22.6 Å². The molecular weight excluding hydrogens is 294 g/mol. The number of benzene rings is 1. The van der Waals surface area contributed by atoms with E-state index in [1.54, 1.807) is 0 Å². The van der Waals surface area contributed by atoms with Crippen LogP contribution in [0.4, 0.5) is 0 Å². The van der Waals surface area contributed by atoms with E-state index >= 15 is 0 Å². The highest BCUT2D eigenvalue weighted by molar-refractivity contribution is 5.79. The summed E-state index contributed by atoms with van der Waals surface area (Å²) >= 11 is 0. The van der Waals surface area contributed by atoms with Crippen molar-refractivity contribution >= 4 is 5.91 Å². The Hall–Kier alpha value is -2.18. The summed E-state index contributed by atoms with van der Waals surface area (Å²) in [5, 5.41) is 22.6. The molecule has 124 valence electrons. The normalized spacial score (nSPS) is 10.8. The molecule has 0 unspecified atom stereocenters. The number of carbonyl (C=O) groups excluding carboxylic acids is 1. The lowest BCUT2D eigenvalue weighted by Gasteiger charge is -2.20. The Kier molecular flexibility index (Phi) is 5.90. The molecule has 0 saturated carbocycles. The minimum absolute atomic E-state index is 0.118. The van der Waals surface area contributed by atoms with Gasteiger partial charge in [-0.1, -0.05) is 18.2 Å². The molecule has 0 aliphatic heterocycles. The molecule has 2 N–H and O–H groups in total. The van der Waals surface area contributed by atoms with E-state index in [0.29, 0.717) is 0 Å². The summed E-state index contributed by atoms with van der Waals surface area (Å²) in [4.78, 5) is 13.9. The molecule has 1 heterocycles. The predicted molar refractivity (Wildman–Crippen MR) is 87.5 cm³/mol. The molecule has 0 aliphatic carbocycles. The van der Waals surface area contributed by atoms with Gasteiger partial charge in [-0.3, -0.25) is 4.79 Å². The number of aliphatic hydroxyl groups excluding tert-OH is 2. The Morgan fingerprint density at radius 1 is 1.13 bits per heavy atom. The number of rotatable bonds is 7. The molecule has 0 radical (unpaired) electrons. The van der Waals surface area contributed by atoms with Crippen LogP contribution in [-0.4, -0.2) is 57.1 Å². The first-order valence-corrected chi connectivity index (χ1v) is 7.68.